The van der Waals surface area contributed by atoms with Gasteiger partial charge in [-0.15, -0.1) is 0 Å². The number of aryl methyl sites for hydroxylation is 2. The number of carbonyl (C=O) groups is 1. The highest BCUT2D eigenvalue weighted by Crippen LogP contribution is 2.23. The highest BCUT2D eigenvalue weighted by atomic mass is 35.5. The van der Waals surface area contributed by atoms with Gasteiger partial charge in [0, 0.05) is 5.02 Å². The summed E-state index contributed by atoms with van der Waals surface area (Å²) in [6.07, 6.45) is 0.225. The Balaban J connectivity index is 2.05. The van der Waals surface area contributed by atoms with Crippen LogP contribution in [-0.4, -0.2) is 12.0 Å². The second-order valence-corrected chi connectivity index (χ2v) is 6.48. The van der Waals surface area contributed by atoms with Gasteiger partial charge in [-0.25, -0.2) is 0 Å². The Morgan fingerprint density at radius 1 is 1.21 bits per heavy atom. The molecule has 2 rings (SSSR count). The van der Waals surface area contributed by atoms with Crippen molar-refractivity contribution in [2.24, 2.45) is 0 Å². The van der Waals surface area contributed by atoms with E-state index in [1.54, 1.807) is 31.2 Å². The van der Waals surface area contributed by atoms with Crippen molar-refractivity contribution in [1.29, 1.82) is 0 Å². The van der Waals surface area contributed by atoms with E-state index in [9.17, 15) is 4.79 Å². The molecule has 128 valence electrons. The fourth-order valence-electron chi connectivity index (χ4n) is 2.70. The Hall–Kier alpha value is -2.00. The first-order valence-electron chi connectivity index (χ1n) is 8.20. The van der Waals surface area contributed by atoms with Crippen LogP contribution in [0.3, 0.4) is 0 Å². The standard InChI is InChI=1S/C20H24ClNO2/c1-5-19(18-10-9-13(2)11-14(18)3)22-20(23)15(4)24-17-8-6-7-16(21)12-17/h6-12,15,19H,5H2,1-4H3,(H,22,23)/t15-,19+/m1/s1. The van der Waals surface area contributed by atoms with Crippen molar-refractivity contribution in [3.05, 3.63) is 64.2 Å². The fraction of sp³-hybridized carbons (Fsp3) is 0.350. The van der Waals surface area contributed by atoms with Gasteiger partial charge in [-0.3, -0.25) is 4.79 Å². The largest absolute Gasteiger partial charge is 0.481 e. The summed E-state index contributed by atoms with van der Waals surface area (Å²) in [6, 6.07) is 13.3. The molecule has 0 spiro atoms. The van der Waals surface area contributed by atoms with E-state index in [-0.39, 0.29) is 11.9 Å². The SMILES string of the molecule is CC[C@H](NC(=O)[C@@H](C)Oc1cccc(Cl)c1)c1ccc(C)cc1C. The molecular weight excluding hydrogens is 322 g/mol. The van der Waals surface area contributed by atoms with E-state index in [2.05, 4.69) is 44.3 Å². The van der Waals surface area contributed by atoms with Crippen molar-refractivity contribution >= 4 is 17.5 Å². The summed E-state index contributed by atoms with van der Waals surface area (Å²) in [4.78, 5) is 12.5. The van der Waals surface area contributed by atoms with Crippen LogP contribution in [0.5, 0.6) is 5.75 Å². The molecule has 4 heteroatoms. The maximum atomic E-state index is 12.5. The first-order valence-corrected chi connectivity index (χ1v) is 8.58. The molecule has 24 heavy (non-hydrogen) atoms. The number of amides is 1. The van der Waals surface area contributed by atoms with E-state index in [0.717, 1.165) is 12.0 Å². The number of nitrogens with one attached hydrogen (secondary N) is 1. The predicted octanol–water partition coefficient (Wildman–Crippen LogP) is 4.99. The minimum Gasteiger partial charge on any atom is -0.481 e. The lowest BCUT2D eigenvalue weighted by molar-refractivity contribution is -0.128. The number of hydrogen-bond donors (Lipinski definition) is 1. The second kappa shape index (κ2) is 8.20. The minimum atomic E-state index is -0.594. The monoisotopic (exact) mass is 345 g/mol. The molecule has 0 fully saturated rings. The van der Waals surface area contributed by atoms with Crippen molar-refractivity contribution in [1.82, 2.24) is 5.32 Å². The zero-order valence-electron chi connectivity index (χ0n) is 14.6. The lowest BCUT2D eigenvalue weighted by Crippen LogP contribution is -2.38. The van der Waals surface area contributed by atoms with Crippen LogP contribution < -0.4 is 10.1 Å². The van der Waals surface area contributed by atoms with Crippen LogP contribution >= 0.6 is 11.6 Å². The Labute approximate surface area is 149 Å². The first-order chi connectivity index (χ1) is 11.4. The molecule has 0 bridgehead atoms. The van der Waals surface area contributed by atoms with E-state index in [1.807, 2.05) is 0 Å². The van der Waals surface area contributed by atoms with Gasteiger partial charge in [0.15, 0.2) is 6.10 Å². The van der Waals surface area contributed by atoms with Crippen molar-refractivity contribution in [2.75, 3.05) is 0 Å². The number of ether oxygens (including phenoxy) is 1. The lowest BCUT2D eigenvalue weighted by atomic mass is 9.97. The van der Waals surface area contributed by atoms with Crippen LogP contribution in [0, 0.1) is 13.8 Å². The Kier molecular flexibility index (Phi) is 6.27. The molecule has 2 atom stereocenters. The van der Waals surface area contributed by atoms with Gasteiger partial charge in [-0.2, -0.15) is 0 Å². The third kappa shape index (κ3) is 4.75. The average Bonchev–Trinajstić information content (AvgIpc) is 2.53. The van der Waals surface area contributed by atoms with Gasteiger partial charge >= 0.3 is 0 Å². The smallest absolute Gasteiger partial charge is 0.261 e. The van der Waals surface area contributed by atoms with Crippen LogP contribution in [0.4, 0.5) is 0 Å². The normalized spacial score (nSPS) is 13.2. The molecule has 0 saturated carbocycles. The number of hydrogen-bond acceptors (Lipinski definition) is 2. The van der Waals surface area contributed by atoms with E-state index in [1.165, 1.54) is 11.1 Å². The maximum Gasteiger partial charge on any atom is 0.261 e. The summed E-state index contributed by atoms with van der Waals surface area (Å²) in [6.45, 7) is 7.94. The summed E-state index contributed by atoms with van der Waals surface area (Å²) in [5, 5.41) is 3.67. The van der Waals surface area contributed by atoms with Crippen LogP contribution in [-0.2, 0) is 4.79 Å². The fourth-order valence-corrected chi connectivity index (χ4v) is 2.88. The number of halogens is 1. The molecule has 0 aromatic heterocycles. The summed E-state index contributed by atoms with van der Waals surface area (Å²) in [5.74, 6) is 0.450. The van der Waals surface area contributed by atoms with Gasteiger partial charge < -0.3 is 10.1 Å². The Bertz CT molecular complexity index is 715. The van der Waals surface area contributed by atoms with Gasteiger partial charge in [0.05, 0.1) is 6.04 Å². The molecule has 1 N–H and O–H groups in total. The van der Waals surface area contributed by atoms with Crippen molar-refractivity contribution in [3.8, 4) is 5.75 Å². The third-order valence-corrected chi connectivity index (χ3v) is 4.24. The average molecular weight is 346 g/mol. The summed E-state index contributed by atoms with van der Waals surface area (Å²) in [5.41, 5.74) is 3.55. The lowest BCUT2D eigenvalue weighted by Gasteiger charge is -2.22. The van der Waals surface area contributed by atoms with Gasteiger partial charge in [0.1, 0.15) is 5.75 Å². The zero-order valence-corrected chi connectivity index (χ0v) is 15.4. The van der Waals surface area contributed by atoms with E-state index >= 15 is 0 Å². The molecule has 1 amide bonds. The van der Waals surface area contributed by atoms with Crippen LogP contribution in [0.15, 0.2) is 42.5 Å². The number of rotatable bonds is 6. The van der Waals surface area contributed by atoms with Crippen molar-refractivity contribution < 1.29 is 9.53 Å². The first kappa shape index (κ1) is 18.3. The summed E-state index contributed by atoms with van der Waals surface area (Å²) >= 11 is 5.94. The Morgan fingerprint density at radius 2 is 1.96 bits per heavy atom. The number of benzene rings is 2. The van der Waals surface area contributed by atoms with E-state index in [4.69, 9.17) is 16.3 Å². The van der Waals surface area contributed by atoms with Gasteiger partial charge in [0.25, 0.3) is 5.91 Å². The van der Waals surface area contributed by atoms with Crippen molar-refractivity contribution in [3.63, 3.8) is 0 Å². The number of carbonyl (C=O) groups excluding carboxylic acids is 1. The molecule has 0 unspecified atom stereocenters. The molecule has 2 aromatic carbocycles. The maximum absolute atomic E-state index is 12.5. The predicted molar refractivity (Wildman–Crippen MR) is 98.6 cm³/mol. The van der Waals surface area contributed by atoms with Gasteiger partial charge in [-0.1, -0.05) is 48.4 Å². The molecule has 0 aliphatic carbocycles. The van der Waals surface area contributed by atoms with Gasteiger partial charge in [0.2, 0.25) is 0 Å². The zero-order chi connectivity index (χ0) is 17.7. The molecule has 2 aromatic rings. The Morgan fingerprint density at radius 3 is 2.58 bits per heavy atom. The van der Waals surface area contributed by atoms with E-state index < -0.39 is 6.10 Å². The molecule has 0 radical (unpaired) electrons. The van der Waals surface area contributed by atoms with Crippen LogP contribution in [0.2, 0.25) is 5.02 Å². The van der Waals surface area contributed by atoms with Gasteiger partial charge in [-0.05, 0) is 56.5 Å². The summed E-state index contributed by atoms with van der Waals surface area (Å²) < 4.78 is 5.69. The topological polar surface area (TPSA) is 38.3 Å². The highest BCUT2D eigenvalue weighted by Gasteiger charge is 2.20. The minimum absolute atomic E-state index is 0.0245. The molecule has 0 aliphatic heterocycles. The van der Waals surface area contributed by atoms with Crippen molar-refractivity contribution in [2.45, 2.75) is 46.3 Å². The molecule has 0 aliphatic rings. The molecular formula is C20H24ClNO2. The second-order valence-electron chi connectivity index (χ2n) is 6.05. The van der Waals surface area contributed by atoms with Crippen LogP contribution in [0.25, 0.3) is 0 Å². The third-order valence-electron chi connectivity index (χ3n) is 4.00. The molecule has 0 heterocycles. The quantitative estimate of drug-likeness (QED) is 0.800. The summed E-state index contributed by atoms with van der Waals surface area (Å²) in [7, 11) is 0. The van der Waals surface area contributed by atoms with E-state index in [0.29, 0.717) is 10.8 Å². The highest BCUT2D eigenvalue weighted by molar-refractivity contribution is 6.30. The molecule has 0 saturated heterocycles. The van der Waals surface area contributed by atoms with Crippen LogP contribution in [0.1, 0.15) is 43.0 Å². The molecule has 3 nitrogen and oxygen atoms in total.